The van der Waals surface area contributed by atoms with Gasteiger partial charge in [-0.2, -0.15) is 5.21 Å². The van der Waals surface area contributed by atoms with E-state index in [1.165, 1.54) is 5.56 Å². The molecule has 0 saturated carbocycles. The van der Waals surface area contributed by atoms with Crippen LogP contribution >= 0.6 is 24.0 Å². The Morgan fingerprint density at radius 3 is 2.27 bits per heavy atom. The fraction of sp³-hybridized carbons (Fsp3) is 0.171. The molecular formula is C35H32Cl2N6O2. The topological polar surface area (TPSA) is 110 Å². The number of anilines is 1. The molecule has 0 radical (unpaired) electrons. The molecule has 228 valence electrons. The molecule has 0 aliphatic rings. The van der Waals surface area contributed by atoms with E-state index in [-0.39, 0.29) is 35.6 Å². The van der Waals surface area contributed by atoms with Gasteiger partial charge in [0.1, 0.15) is 0 Å². The predicted octanol–water partition coefficient (Wildman–Crippen LogP) is 8.52. The van der Waals surface area contributed by atoms with Crippen molar-refractivity contribution in [3.05, 3.63) is 136 Å². The smallest absolute Gasteiger partial charge is 0.270 e. The Labute approximate surface area is 272 Å². The van der Waals surface area contributed by atoms with Gasteiger partial charge < -0.3 is 4.52 Å². The van der Waals surface area contributed by atoms with Crippen LogP contribution in [0, 0.1) is 0 Å². The monoisotopic (exact) mass is 638 g/mol. The SMILES string of the molecule is CC(C)(C)c1ccc(C(Cc2ccc(C(=O)Nc3nn[nH]n3)cc2)c2cc(-c3cccc(-c4ccc(Cl)cc4)c3)on2)cc1.Cl. The van der Waals surface area contributed by atoms with Crippen molar-refractivity contribution < 1.29 is 9.32 Å². The summed E-state index contributed by atoms with van der Waals surface area (Å²) < 4.78 is 5.94. The molecule has 6 aromatic rings. The van der Waals surface area contributed by atoms with Gasteiger partial charge in [-0.3, -0.25) is 10.1 Å². The molecular weight excluding hydrogens is 607 g/mol. The number of aromatic amines is 1. The second kappa shape index (κ2) is 13.5. The number of halogens is 2. The predicted molar refractivity (Wildman–Crippen MR) is 179 cm³/mol. The standard InChI is InChI=1S/C35H31ClN6O2.ClH/c1-35(2,3)28-15-11-24(12-16-28)30(19-22-7-9-25(10-8-22)33(43)37-34-38-41-42-39-34)31-21-32(44-40-31)27-6-4-5-26(20-27)23-13-17-29(36)18-14-23;/h4-18,20-21,30H,19H2,1-3H3,(H2,37,38,39,41,42,43);1H. The second-order valence-electron chi connectivity index (χ2n) is 11.7. The molecule has 2 heterocycles. The molecule has 0 aliphatic carbocycles. The van der Waals surface area contributed by atoms with Crippen LogP contribution in [-0.4, -0.2) is 31.7 Å². The molecule has 0 fully saturated rings. The number of amides is 1. The van der Waals surface area contributed by atoms with Crippen molar-refractivity contribution in [1.29, 1.82) is 0 Å². The Bertz CT molecular complexity index is 1860. The summed E-state index contributed by atoms with van der Waals surface area (Å²) in [6.07, 6.45) is 0.665. The molecule has 6 rings (SSSR count). The van der Waals surface area contributed by atoms with Gasteiger partial charge in [-0.05, 0) is 75.2 Å². The number of hydrogen-bond acceptors (Lipinski definition) is 6. The third kappa shape index (κ3) is 7.48. The quantitative estimate of drug-likeness (QED) is 0.173. The lowest BCUT2D eigenvalue weighted by atomic mass is 9.83. The molecule has 2 aromatic heterocycles. The highest BCUT2D eigenvalue weighted by atomic mass is 35.5. The van der Waals surface area contributed by atoms with Crippen LogP contribution in [0.2, 0.25) is 5.02 Å². The lowest BCUT2D eigenvalue weighted by Crippen LogP contribution is -2.13. The van der Waals surface area contributed by atoms with Crippen LogP contribution in [0.1, 0.15) is 59.4 Å². The fourth-order valence-corrected chi connectivity index (χ4v) is 5.23. The van der Waals surface area contributed by atoms with E-state index < -0.39 is 0 Å². The first-order valence-corrected chi connectivity index (χ1v) is 14.7. The Balaban J connectivity index is 0.00000400. The Morgan fingerprint density at radius 2 is 1.60 bits per heavy atom. The van der Waals surface area contributed by atoms with Crippen LogP contribution in [0.4, 0.5) is 5.95 Å². The molecule has 1 unspecified atom stereocenters. The Kier molecular flexibility index (Phi) is 9.46. The van der Waals surface area contributed by atoms with Crippen LogP contribution in [0.25, 0.3) is 22.5 Å². The fourth-order valence-electron chi connectivity index (χ4n) is 5.11. The number of nitrogens with one attached hydrogen (secondary N) is 2. The molecule has 0 saturated heterocycles. The van der Waals surface area contributed by atoms with Crippen LogP contribution in [0.5, 0.6) is 0 Å². The highest BCUT2D eigenvalue weighted by molar-refractivity contribution is 6.30. The second-order valence-corrected chi connectivity index (χ2v) is 12.2. The zero-order valence-electron chi connectivity index (χ0n) is 25.0. The maximum Gasteiger partial charge on any atom is 0.270 e. The first-order chi connectivity index (χ1) is 21.2. The van der Waals surface area contributed by atoms with Gasteiger partial charge in [-0.15, -0.1) is 17.5 Å². The van der Waals surface area contributed by atoms with Gasteiger partial charge >= 0.3 is 0 Å². The van der Waals surface area contributed by atoms with E-state index in [0.717, 1.165) is 33.5 Å². The van der Waals surface area contributed by atoms with E-state index in [0.29, 0.717) is 22.8 Å². The zero-order valence-corrected chi connectivity index (χ0v) is 26.6. The summed E-state index contributed by atoms with van der Waals surface area (Å²) in [6, 6.07) is 34.2. The van der Waals surface area contributed by atoms with Crippen molar-refractivity contribution >= 4 is 35.9 Å². The molecule has 10 heteroatoms. The number of tetrazole rings is 1. The average Bonchev–Trinajstić information content (AvgIpc) is 3.73. The van der Waals surface area contributed by atoms with E-state index in [1.807, 2.05) is 54.6 Å². The van der Waals surface area contributed by atoms with Crippen molar-refractivity contribution in [3.63, 3.8) is 0 Å². The molecule has 1 atom stereocenters. The van der Waals surface area contributed by atoms with Crippen LogP contribution in [0.3, 0.4) is 0 Å². The van der Waals surface area contributed by atoms with Gasteiger partial charge in [-0.1, -0.05) is 109 Å². The zero-order chi connectivity index (χ0) is 30.7. The summed E-state index contributed by atoms with van der Waals surface area (Å²) >= 11 is 6.10. The minimum atomic E-state index is -0.311. The van der Waals surface area contributed by atoms with E-state index >= 15 is 0 Å². The highest BCUT2D eigenvalue weighted by Gasteiger charge is 2.22. The minimum Gasteiger partial charge on any atom is -0.356 e. The summed E-state index contributed by atoms with van der Waals surface area (Å²) in [7, 11) is 0. The Hall–Kier alpha value is -4.79. The lowest BCUT2D eigenvalue weighted by Gasteiger charge is -2.21. The van der Waals surface area contributed by atoms with E-state index in [9.17, 15) is 4.79 Å². The van der Waals surface area contributed by atoms with E-state index in [1.54, 1.807) is 12.1 Å². The minimum absolute atomic E-state index is 0. The number of benzene rings is 4. The maximum atomic E-state index is 12.6. The van der Waals surface area contributed by atoms with Crippen molar-refractivity contribution in [2.45, 2.75) is 38.5 Å². The van der Waals surface area contributed by atoms with Gasteiger partial charge in [0.25, 0.3) is 11.9 Å². The normalized spacial score (nSPS) is 11.9. The van der Waals surface area contributed by atoms with E-state index in [2.05, 4.69) is 88.3 Å². The van der Waals surface area contributed by atoms with Gasteiger partial charge in [0.2, 0.25) is 0 Å². The summed E-state index contributed by atoms with van der Waals surface area (Å²) in [5.41, 5.74) is 7.89. The summed E-state index contributed by atoms with van der Waals surface area (Å²) in [5, 5.41) is 21.2. The molecule has 1 amide bonds. The number of rotatable bonds is 8. The van der Waals surface area contributed by atoms with Crippen molar-refractivity contribution in [2.24, 2.45) is 0 Å². The number of nitrogens with zero attached hydrogens (tertiary/aromatic N) is 4. The number of aromatic nitrogens is 5. The van der Waals surface area contributed by atoms with Gasteiger partial charge in [-0.25, -0.2) is 0 Å². The molecule has 4 aromatic carbocycles. The molecule has 2 N–H and O–H groups in total. The summed E-state index contributed by atoms with van der Waals surface area (Å²) in [6.45, 7) is 6.62. The lowest BCUT2D eigenvalue weighted by molar-refractivity contribution is 0.102. The van der Waals surface area contributed by atoms with Crippen LogP contribution in [0.15, 0.2) is 108 Å². The first kappa shape index (κ1) is 31.6. The Morgan fingerprint density at radius 1 is 0.889 bits per heavy atom. The maximum absolute atomic E-state index is 12.6. The summed E-state index contributed by atoms with van der Waals surface area (Å²) in [4.78, 5) is 12.6. The number of H-pyrrole nitrogens is 1. The number of hydrogen-bond donors (Lipinski definition) is 2. The molecule has 0 aliphatic heterocycles. The third-order valence-corrected chi connectivity index (χ3v) is 7.87. The largest absolute Gasteiger partial charge is 0.356 e. The molecule has 0 spiro atoms. The number of carbonyl (C=O) groups is 1. The van der Waals surface area contributed by atoms with Crippen molar-refractivity contribution in [1.82, 2.24) is 25.8 Å². The third-order valence-electron chi connectivity index (χ3n) is 7.62. The van der Waals surface area contributed by atoms with Crippen molar-refractivity contribution in [3.8, 4) is 22.5 Å². The van der Waals surface area contributed by atoms with Gasteiger partial charge in [0.15, 0.2) is 5.76 Å². The van der Waals surface area contributed by atoms with Gasteiger partial charge in [0.05, 0.1) is 5.69 Å². The first-order valence-electron chi connectivity index (χ1n) is 14.3. The average molecular weight is 640 g/mol. The number of carbonyl (C=O) groups excluding carboxylic acids is 1. The molecule has 8 nitrogen and oxygen atoms in total. The molecule has 0 bridgehead atoms. The van der Waals surface area contributed by atoms with Crippen LogP contribution in [-0.2, 0) is 11.8 Å². The van der Waals surface area contributed by atoms with Crippen molar-refractivity contribution in [2.75, 3.05) is 5.32 Å². The van der Waals surface area contributed by atoms with Crippen LogP contribution < -0.4 is 5.32 Å². The van der Waals surface area contributed by atoms with Gasteiger partial charge in [0, 0.05) is 28.1 Å². The molecule has 45 heavy (non-hydrogen) atoms. The highest BCUT2D eigenvalue weighted by Crippen LogP contribution is 2.34. The van der Waals surface area contributed by atoms with E-state index in [4.69, 9.17) is 16.1 Å². The summed E-state index contributed by atoms with van der Waals surface area (Å²) in [5.74, 6) is 0.438.